The molecule has 0 atom stereocenters. The van der Waals surface area contributed by atoms with Crippen molar-refractivity contribution in [3.63, 3.8) is 0 Å². The molecule has 0 saturated carbocycles. The molecule has 0 unspecified atom stereocenters. The van der Waals surface area contributed by atoms with Gasteiger partial charge in [0.1, 0.15) is 11.1 Å². The topological polar surface area (TPSA) is 108 Å². The minimum atomic E-state index is -0.259. The van der Waals surface area contributed by atoms with Gasteiger partial charge in [-0.3, -0.25) is 14.6 Å². The molecule has 0 spiro atoms. The maximum atomic E-state index is 12.2. The number of morpholine rings is 1. The first-order valence-corrected chi connectivity index (χ1v) is 9.08. The summed E-state index contributed by atoms with van der Waals surface area (Å²) in [5.74, 6) is 0.115. The van der Waals surface area contributed by atoms with Gasteiger partial charge < -0.3 is 4.74 Å². The Morgan fingerprint density at radius 3 is 2.96 bits per heavy atom. The SMILES string of the molecule is Cc1cc(C)c(C#N)c(SCC(=O)Nc2c[n+](N3CCOCC3)no2)n1. The summed E-state index contributed by atoms with van der Waals surface area (Å²) in [5.41, 5.74) is 2.16. The number of nitriles is 1. The number of anilines is 1. The summed E-state index contributed by atoms with van der Waals surface area (Å²) in [5, 5.41) is 18.3. The van der Waals surface area contributed by atoms with Crippen molar-refractivity contribution in [1.82, 2.24) is 10.3 Å². The highest BCUT2D eigenvalue weighted by Gasteiger charge is 2.23. The van der Waals surface area contributed by atoms with Gasteiger partial charge in [-0.15, -0.1) is 5.01 Å². The van der Waals surface area contributed by atoms with Crippen LogP contribution in [0.15, 0.2) is 21.8 Å². The van der Waals surface area contributed by atoms with Crippen LogP contribution in [0.1, 0.15) is 16.8 Å². The molecule has 1 amide bonds. The van der Waals surface area contributed by atoms with Gasteiger partial charge in [0, 0.05) is 5.69 Å². The van der Waals surface area contributed by atoms with E-state index in [9.17, 15) is 10.1 Å². The van der Waals surface area contributed by atoms with E-state index in [-0.39, 0.29) is 17.5 Å². The summed E-state index contributed by atoms with van der Waals surface area (Å²) < 4.78 is 10.4. The lowest BCUT2D eigenvalue weighted by Gasteiger charge is -2.18. The van der Waals surface area contributed by atoms with Crippen LogP contribution in [0.25, 0.3) is 0 Å². The van der Waals surface area contributed by atoms with Crippen LogP contribution in [0.5, 0.6) is 0 Å². The monoisotopic (exact) mass is 375 g/mol. The zero-order chi connectivity index (χ0) is 18.5. The second-order valence-corrected chi connectivity index (χ2v) is 6.73. The molecule has 1 fully saturated rings. The maximum absolute atomic E-state index is 12.2. The molecule has 1 saturated heterocycles. The van der Waals surface area contributed by atoms with Gasteiger partial charge >= 0.3 is 5.88 Å². The van der Waals surface area contributed by atoms with E-state index in [0.717, 1.165) is 11.3 Å². The van der Waals surface area contributed by atoms with E-state index in [1.165, 1.54) is 11.8 Å². The highest BCUT2D eigenvalue weighted by Crippen LogP contribution is 2.23. The fourth-order valence-corrected chi connectivity index (χ4v) is 3.43. The molecule has 1 aliphatic heterocycles. The molecule has 2 aromatic heterocycles. The number of hydrogen-bond acceptors (Lipinski definition) is 8. The fourth-order valence-electron chi connectivity index (χ4n) is 2.54. The van der Waals surface area contributed by atoms with Gasteiger partial charge in [0.25, 0.3) is 6.20 Å². The Morgan fingerprint density at radius 2 is 2.23 bits per heavy atom. The molecule has 2 aromatic rings. The average molecular weight is 375 g/mol. The third-order valence-electron chi connectivity index (χ3n) is 3.76. The van der Waals surface area contributed by atoms with Crippen LogP contribution < -0.4 is 15.1 Å². The van der Waals surface area contributed by atoms with E-state index < -0.39 is 0 Å². The Kier molecular flexibility index (Phi) is 5.70. The standard InChI is InChI=1S/C16H18N6O3S/c1-11-7-12(2)18-16(13(11)8-17)26-10-14(23)19-15-9-22(20-25-15)21-3-5-24-6-4-21/h7,9H,3-6,10H2,1-2H3/p+1. The normalized spacial score (nSPS) is 14.1. The van der Waals surface area contributed by atoms with E-state index in [0.29, 0.717) is 36.9 Å². The smallest absolute Gasteiger partial charge is 0.305 e. The van der Waals surface area contributed by atoms with Crippen LogP contribution in [0.2, 0.25) is 0 Å². The molecule has 3 heterocycles. The van der Waals surface area contributed by atoms with Crippen molar-refractivity contribution in [1.29, 1.82) is 5.26 Å². The van der Waals surface area contributed by atoms with Gasteiger partial charge in [0.05, 0.1) is 42.4 Å². The molecular weight excluding hydrogens is 356 g/mol. The lowest BCUT2D eigenvalue weighted by molar-refractivity contribution is -0.759. The minimum absolute atomic E-state index is 0.114. The van der Waals surface area contributed by atoms with Crippen LogP contribution in [0, 0.1) is 25.2 Å². The van der Waals surface area contributed by atoms with E-state index in [2.05, 4.69) is 21.6 Å². The number of amides is 1. The number of pyridine rings is 1. The number of thioether (sulfide) groups is 1. The Labute approximate surface area is 154 Å². The van der Waals surface area contributed by atoms with Crippen molar-refractivity contribution in [2.75, 3.05) is 42.4 Å². The van der Waals surface area contributed by atoms with Crippen LogP contribution in [-0.4, -0.2) is 48.2 Å². The summed E-state index contributed by atoms with van der Waals surface area (Å²) in [6.07, 6.45) is 1.61. The predicted molar refractivity (Wildman–Crippen MR) is 93.2 cm³/mol. The van der Waals surface area contributed by atoms with Crippen molar-refractivity contribution in [2.45, 2.75) is 18.9 Å². The Bertz CT molecular complexity index is 841. The first-order chi connectivity index (χ1) is 12.6. The number of nitrogens with zero attached hydrogens (tertiary/aromatic N) is 5. The zero-order valence-corrected chi connectivity index (χ0v) is 15.4. The Morgan fingerprint density at radius 1 is 1.46 bits per heavy atom. The third kappa shape index (κ3) is 4.30. The molecule has 0 aliphatic carbocycles. The van der Waals surface area contributed by atoms with Crippen molar-refractivity contribution in [3.8, 4) is 6.07 Å². The van der Waals surface area contributed by atoms with Crippen LogP contribution in [0.4, 0.5) is 5.88 Å². The summed E-state index contributed by atoms with van der Waals surface area (Å²) in [4.78, 5) is 18.1. The van der Waals surface area contributed by atoms with Crippen molar-refractivity contribution < 1.29 is 18.8 Å². The van der Waals surface area contributed by atoms with Gasteiger partial charge in [0.15, 0.2) is 0 Å². The molecule has 3 rings (SSSR count). The number of nitrogens with one attached hydrogen (secondary N) is 1. The van der Waals surface area contributed by atoms with Crippen molar-refractivity contribution in [3.05, 3.63) is 29.1 Å². The zero-order valence-electron chi connectivity index (χ0n) is 14.6. The maximum Gasteiger partial charge on any atom is 0.305 e. The van der Waals surface area contributed by atoms with E-state index in [1.54, 1.807) is 11.0 Å². The summed E-state index contributed by atoms with van der Waals surface area (Å²) in [6.45, 7) is 6.38. The first kappa shape index (κ1) is 18.2. The molecule has 1 aliphatic rings. The average Bonchev–Trinajstić information content (AvgIpc) is 3.09. The molecule has 26 heavy (non-hydrogen) atoms. The molecule has 0 aromatic carbocycles. The van der Waals surface area contributed by atoms with E-state index >= 15 is 0 Å². The highest BCUT2D eigenvalue weighted by molar-refractivity contribution is 8.00. The van der Waals surface area contributed by atoms with Crippen molar-refractivity contribution in [2.24, 2.45) is 0 Å². The van der Waals surface area contributed by atoms with Gasteiger partial charge in [-0.2, -0.15) is 5.26 Å². The molecule has 1 N–H and O–H groups in total. The minimum Gasteiger partial charge on any atom is -0.377 e. The Hall–Kier alpha value is -2.64. The van der Waals surface area contributed by atoms with Gasteiger partial charge in [-0.25, -0.2) is 4.98 Å². The van der Waals surface area contributed by atoms with Crippen molar-refractivity contribution >= 4 is 23.6 Å². The van der Waals surface area contributed by atoms with Gasteiger partial charge in [0.2, 0.25) is 11.2 Å². The Balaban J connectivity index is 1.58. The number of aromatic nitrogens is 3. The van der Waals surface area contributed by atoms with Crippen LogP contribution in [0.3, 0.4) is 0 Å². The van der Waals surface area contributed by atoms with E-state index in [4.69, 9.17) is 9.26 Å². The lowest BCUT2D eigenvalue weighted by Crippen LogP contribution is -2.62. The quantitative estimate of drug-likeness (QED) is 0.596. The summed E-state index contributed by atoms with van der Waals surface area (Å²) in [7, 11) is 0. The van der Waals surface area contributed by atoms with Gasteiger partial charge in [-0.05, 0) is 25.5 Å². The van der Waals surface area contributed by atoms with Gasteiger partial charge in [-0.1, -0.05) is 11.8 Å². The van der Waals surface area contributed by atoms with E-state index in [1.807, 2.05) is 24.9 Å². The number of carbonyl (C=O) groups is 1. The number of aryl methyl sites for hydroxylation is 2. The summed E-state index contributed by atoms with van der Waals surface area (Å²) >= 11 is 1.22. The van der Waals surface area contributed by atoms with Crippen LogP contribution >= 0.6 is 11.8 Å². The molecule has 0 radical (unpaired) electrons. The number of hydrogen-bond donors (Lipinski definition) is 1. The fraction of sp³-hybridized carbons (Fsp3) is 0.438. The predicted octanol–water partition coefficient (Wildman–Crippen LogP) is 0.545. The first-order valence-electron chi connectivity index (χ1n) is 8.09. The molecule has 136 valence electrons. The second kappa shape index (κ2) is 8.16. The van der Waals surface area contributed by atoms with Crippen LogP contribution in [-0.2, 0) is 9.53 Å². The molecule has 10 heteroatoms. The molecule has 9 nitrogen and oxygen atoms in total. The summed E-state index contributed by atoms with van der Waals surface area (Å²) in [6, 6.07) is 3.99. The number of carbonyl (C=O) groups excluding carboxylic acids is 1. The largest absolute Gasteiger partial charge is 0.377 e. The molecular formula is C16H19N6O3S+. The number of ether oxygens (including phenoxy) is 1. The molecule has 0 bridgehead atoms. The lowest BCUT2D eigenvalue weighted by atomic mass is 10.1. The second-order valence-electron chi connectivity index (χ2n) is 5.76. The highest BCUT2D eigenvalue weighted by atomic mass is 32.2. The number of rotatable bonds is 5. The third-order valence-corrected chi connectivity index (χ3v) is 4.73.